The predicted octanol–water partition coefficient (Wildman–Crippen LogP) is 4.86. The highest BCUT2D eigenvalue weighted by molar-refractivity contribution is 6.04. The van der Waals surface area contributed by atoms with Gasteiger partial charge in [0.15, 0.2) is 5.78 Å². The first kappa shape index (κ1) is 24.0. The van der Waals surface area contributed by atoms with Crippen molar-refractivity contribution in [2.75, 3.05) is 19.6 Å². The van der Waals surface area contributed by atoms with Crippen LogP contribution in [0.15, 0.2) is 102 Å². The van der Waals surface area contributed by atoms with Crippen molar-refractivity contribution >= 4 is 16.7 Å². The van der Waals surface area contributed by atoms with Crippen LogP contribution >= 0.6 is 0 Å². The van der Waals surface area contributed by atoms with Crippen LogP contribution in [0.25, 0.3) is 10.9 Å². The molecule has 3 aromatic rings. The number of H-pyrrole nitrogens is 1. The van der Waals surface area contributed by atoms with Crippen LogP contribution in [0.4, 0.5) is 0 Å². The molecule has 2 aromatic carbocycles. The van der Waals surface area contributed by atoms with E-state index in [0.717, 1.165) is 30.5 Å². The van der Waals surface area contributed by atoms with Crippen molar-refractivity contribution in [1.82, 2.24) is 15.2 Å². The largest absolute Gasteiger partial charge is 0.390 e. The second kappa shape index (κ2) is 10.9. The van der Waals surface area contributed by atoms with E-state index >= 15 is 0 Å². The van der Waals surface area contributed by atoms with Gasteiger partial charge in [-0.1, -0.05) is 60.2 Å². The van der Waals surface area contributed by atoms with Crippen molar-refractivity contribution in [3.63, 3.8) is 0 Å². The summed E-state index contributed by atoms with van der Waals surface area (Å²) in [5.74, 6) is -0.00644. The standard InChI is InChI=1S/C31H33N3O2/c1-22-11-13-29-28(17-22)24(18-33-29)15-16-32-19-26(35)21-34-20-25(27-9-5-6-10-30(27)34)12-14-31(36)23-7-3-2-4-8-23/h2-9,11-14,17-18,20,26,30,32-33,35H,10,15-16,19,21H2,1H3/b14-12+. The number of aryl methyl sites for hydroxylation is 1. The first-order valence-electron chi connectivity index (χ1n) is 12.7. The zero-order valence-corrected chi connectivity index (χ0v) is 20.7. The Hall–Kier alpha value is -3.67. The molecule has 5 rings (SSSR count). The summed E-state index contributed by atoms with van der Waals surface area (Å²) < 4.78 is 0. The van der Waals surface area contributed by atoms with Crippen molar-refractivity contribution < 1.29 is 9.90 Å². The molecule has 2 atom stereocenters. The molecular formula is C31H33N3O2. The van der Waals surface area contributed by atoms with E-state index in [9.17, 15) is 9.90 Å². The van der Waals surface area contributed by atoms with Crippen LogP contribution in [0, 0.1) is 6.92 Å². The van der Waals surface area contributed by atoms with Gasteiger partial charge in [0.05, 0.1) is 12.1 Å². The highest BCUT2D eigenvalue weighted by Gasteiger charge is 2.30. The van der Waals surface area contributed by atoms with E-state index in [0.29, 0.717) is 18.7 Å². The van der Waals surface area contributed by atoms with Crippen LogP contribution in [0.5, 0.6) is 0 Å². The van der Waals surface area contributed by atoms with Crippen LogP contribution in [-0.2, 0) is 6.42 Å². The third kappa shape index (κ3) is 5.43. The number of fused-ring (bicyclic) bond motifs is 2. The number of benzene rings is 2. The first-order valence-corrected chi connectivity index (χ1v) is 12.7. The van der Waals surface area contributed by atoms with E-state index in [1.807, 2.05) is 36.4 Å². The lowest BCUT2D eigenvalue weighted by molar-refractivity contribution is 0.104. The van der Waals surface area contributed by atoms with Crippen LogP contribution in [-0.4, -0.2) is 52.6 Å². The van der Waals surface area contributed by atoms with Crippen molar-refractivity contribution in [2.45, 2.75) is 31.9 Å². The van der Waals surface area contributed by atoms with E-state index in [2.05, 4.69) is 70.9 Å². The van der Waals surface area contributed by atoms with Crippen LogP contribution in [0.3, 0.4) is 0 Å². The highest BCUT2D eigenvalue weighted by Crippen LogP contribution is 2.33. The summed E-state index contributed by atoms with van der Waals surface area (Å²) in [5.41, 5.74) is 6.63. The Morgan fingerprint density at radius 1 is 1.25 bits per heavy atom. The number of nitrogens with one attached hydrogen (secondary N) is 2. The van der Waals surface area contributed by atoms with Crippen LogP contribution in [0.2, 0.25) is 0 Å². The number of carbonyl (C=O) groups is 1. The fourth-order valence-corrected chi connectivity index (χ4v) is 5.05. The number of hydrogen-bond donors (Lipinski definition) is 3. The van der Waals surface area contributed by atoms with Gasteiger partial charge in [-0.2, -0.15) is 0 Å². The number of ketones is 1. The molecule has 2 heterocycles. The molecule has 0 saturated carbocycles. The smallest absolute Gasteiger partial charge is 0.185 e. The van der Waals surface area contributed by atoms with Gasteiger partial charge in [-0.05, 0) is 67.3 Å². The molecule has 5 nitrogen and oxygen atoms in total. The Balaban J connectivity index is 1.16. The van der Waals surface area contributed by atoms with Crippen LogP contribution < -0.4 is 5.32 Å². The topological polar surface area (TPSA) is 68.4 Å². The number of aliphatic hydroxyl groups is 1. The molecule has 0 saturated heterocycles. The van der Waals surface area contributed by atoms with Gasteiger partial charge in [-0.3, -0.25) is 4.79 Å². The van der Waals surface area contributed by atoms with Gasteiger partial charge in [0.1, 0.15) is 0 Å². The highest BCUT2D eigenvalue weighted by atomic mass is 16.3. The van der Waals surface area contributed by atoms with Gasteiger partial charge < -0.3 is 20.3 Å². The molecule has 1 aliphatic heterocycles. The number of allylic oxidation sites excluding steroid dienone is 4. The summed E-state index contributed by atoms with van der Waals surface area (Å²) in [4.78, 5) is 18.1. The molecule has 0 radical (unpaired) electrons. The minimum absolute atomic E-state index is 0.00644. The Bertz CT molecular complexity index is 1350. The lowest BCUT2D eigenvalue weighted by Gasteiger charge is -2.29. The molecule has 0 bridgehead atoms. The summed E-state index contributed by atoms with van der Waals surface area (Å²) in [6, 6.07) is 16.0. The van der Waals surface area contributed by atoms with Gasteiger partial charge in [-0.25, -0.2) is 0 Å². The number of rotatable bonds is 10. The SMILES string of the molecule is Cc1ccc2[nH]cc(CCNCC(O)CN3C=C(/C=C/C(=O)c4ccccc4)C4=CC=CCC43)c2c1. The second-order valence-corrected chi connectivity index (χ2v) is 9.62. The quantitative estimate of drug-likeness (QED) is 0.221. The average Bonchev–Trinajstić information content (AvgIpc) is 3.46. The second-order valence-electron chi connectivity index (χ2n) is 9.62. The molecule has 1 aliphatic carbocycles. The Kier molecular flexibility index (Phi) is 7.31. The lowest BCUT2D eigenvalue weighted by atomic mass is 9.95. The Morgan fingerprint density at radius 3 is 2.97 bits per heavy atom. The Morgan fingerprint density at radius 2 is 2.11 bits per heavy atom. The number of carbonyl (C=O) groups excluding carboxylic acids is 1. The monoisotopic (exact) mass is 479 g/mol. The van der Waals surface area contributed by atoms with Gasteiger partial charge in [0.25, 0.3) is 0 Å². The molecule has 2 aliphatic rings. The first-order chi connectivity index (χ1) is 17.6. The summed E-state index contributed by atoms with van der Waals surface area (Å²) in [6.07, 6.45) is 15.4. The maximum absolute atomic E-state index is 12.5. The van der Waals surface area contributed by atoms with Crippen LogP contribution in [0.1, 0.15) is 27.9 Å². The summed E-state index contributed by atoms with van der Waals surface area (Å²) in [7, 11) is 0. The molecule has 1 aromatic heterocycles. The number of aromatic amines is 1. The fourth-order valence-electron chi connectivity index (χ4n) is 5.05. The maximum Gasteiger partial charge on any atom is 0.185 e. The third-order valence-electron chi connectivity index (χ3n) is 6.94. The molecule has 5 heteroatoms. The minimum atomic E-state index is -0.493. The van der Waals surface area contributed by atoms with Gasteiger partial charge in [-0.15, -0.1) is 0 Å². The number of hydrogen-bond acceptors (Lipinski definition) is 4. The minimum Gasteiger partial charge on any atom is -0.390 e. The van der Waals surface area contributed by atoms with Gasteiger partial charge in [0.2, 0.25) is 0 Å². The van der Waals surface area contributed by atoms with E-state index in [1.54, 1.807) is 6.08 Å². The molecule has 2 unspecified atom stereocenters. The normalized spacial score (nSPS) is 17.9. The molecular weight excluding hydrogens is 446 g/mol. The zero-order chi connectivity index (χ0) is 24.9. The predicted molar refractivity (Wildman–Crippen MR) is 146 cm³/mol. The number of β-amino-alcohol motifs (C(OH)–C–C–N with tert-alkyl or cyclic N) is 1. The maximum atomic E-state index is 12.5. The average molecular weight is 480 g/mol. The molecule has 0 amide bonds. The summed E-state index contributed by atoms with van der Waals surface area (Å²) in [6.45, 7) is 3.99. The number of nitrogens with zero attached hydrogens (tertiary/aromatic N) is 1. The van der Waals surface area contributed by atoms with Gasteiger partial charge >= 0.3 is 0 Å². The number of aliphatic hydroxyl groups excluding tert-OH is 1. The van der Waals surface area contributed by atoms with Crippen molar-refractivity contribution in [3.05, 3.63) is 119 Å². The molecule has 0 spiro atoms. The van der Waals surface area contributed by atoms with Gasteiger partial charge in [0, 0.05) is 42.0 Å². The van der Waals surface area contributed by atoms with Crippen molar-refractivity contribution in [1.29, 1.82) is 0 Å². The van der Waals surface area contributed by atoms with E-state index in [-0.39, 0.29) is 11.8 Å². The number of aromatic nitrogens is 1. The lowest BCUT2D eigenvalue weighted by Crippen LogP contribution is -2.40. The summed E-state index contributed by atoms with van der Waals surface area (Å²) in [5, 5.41) is 15.5. The molecule has 36 heavy (non-hydrogen) atoms. The molecule has 0 fully saturated rings. The fraction of sp³-hybridized carbons (Fsp3) is 0.258. The molecule has 3 N–H and O–H groups in total. The van der Waals surface area contributed by atoms with E-state index in [1.165, 1.54) is 22.1 Å². The van der Waals surface area contributed by atoms with Crippen molar-refractivity contribution in [3.8, 4) is 0 Å². The third-order valence-corrected chi connectivity index (χ3v) is 6.94. The zero-order valence-electron chi connectivity index (χ0n) is 20.7. The Labute approximate surface area is 212 Å². The van der Waals surface area contributed by atoms with E-state index < -0.39 is 6.10 Å². The van der Waals surface area contributed by atoms with Crippen molar-refractivity contribution in [2.24, 2.45) is 0 Å². The van der Waals surface area contributed by atoms with E-state index in [4.69, 9.17) is 0 Å². The molecule has 184 valence electrons. The summed E-state index contributed by atoms with van der Waals surface area (Å²) >= 11 is 0.